The molecule has 1 heterocycles. The van der Waals surface area contributed by atoms with E-state index in [4.69, 9.17) is 4.74 Å². The lowest BCUT2D eigenvalue weighted by atomic mass is 9.92. The zero-order chi connectivity index (χ0) is 11.6. The molecule has 1 fully saturated rings. The van der Waals surface area contributed by atoms with Crippen molar-refractivity contribution < 1.29 is 13.9 Å². The lowest BCUT2D eigenvalue weighted by Crippen LogP contribution is -2.35. The summed E-state index contributed by atoms with van der Waals surface area (Å²) < 4.78 is 18.4. The first-order valence-electron chi connectivity index (χ1n) is 5.52. The molecule has 1 atom stereocenters. The highest BCUT2D eigenvalue weighted by Gasteiger charge is 2.36. The number of hydrogen-bond donors (Lipinski definition) is 0. The summed E-state index contributed by atoms with van der Waals surface area (Å²) in [6.45, 7) is 2.47. The normalized spacial score (nSPS) is 24.6. The summed E-state index contributed by atoms with van der Waals surface area (Å²) in [5.41, 5.74) is 0.0495. The first-order valence-corrected chi connectivity index (χ1v) is 5.52. The van der Waals surface area contributed by atoms with Gasteiger partial charge in [0.25, 0.3) is 0 Å². The largest absolute Gasteiger partial charge is 0.367 e. The van der Waals surface area contributed by atoms with Gasteiger partial charge in [0.1, 0.15) is 11.4 Å². The van der Waals surface area contributed by atoms with Crippen LogP contribution in [0.2, 0.25) is 0 Å². The van der Waals surface area contributed by atoms with E-state index in [9.17, 15) is 9.18 Å². The molecule has 1 aliphatic heterocycles. The third-order valence-corrected chi connectivity index (χ3v) is 3.06. The van der Waals surface area contributed by atoms with Crippen LogP contribution in [-0.2, 0) is 16.0 Å². The number of hydrogen-bond acceptors (Lipinski definition) is 2. The molecule has 86 valence electrons. The fourth-order valence-electron chi connectivity index (χ4n) is 2.02. The molecule has 0 aliphatic carbocycles. The van der Waals surface area contributed by atoms with Crippen LogP contribution < -0.4 is 0 Å². The summed E-state index contributed by atoms with van der Waals surface area (Å²) in [5.74, 6) is -0.265. The predicted octanol–water partition coefficient (Wildman–Crippen LogP) is 2.51. The van der Waals surface area contributed by atoms with E-state index in [1.165, 1.54) is 12.1 Å². The van der Waals surface area contributed by atoms with Crippen LogP contribution in [-0.4, -0.2) is 18.0 Å². The van der Waals surface area contributed by atoms with E-state index < -0.39 is 5.60 Å². The van der Waals surface area contributed by atoms with Gasteiger partial charge in [-0.3, -0.25) is 4.79 Å². The van der Waals surface area contributed by atoms with Crippen molar-refractivity contribution in [1.29, 1.82) is 0 Å². The molecule has 0 N–H and O–H groups in total. The number of ether oxygens (including phenoxy) is 1. The zero-order valence-electron chi connectivity index (χ0n) is 9.33. The monoisotopic (exact) mass is 222 g/mol. The number of carbonyl (C=O) groups excluding carboxylic acids is 1. The maximum Gasteiger partial charge on any atom is 0.168 e. The minimum atomic E-state index is -0.660. The van der Waals surface area contributed by atoms with Crippen molar-refractivity contribution in [3.63, 3.8) is 0 Å². The number of rotatable bonds is 3. The lowest BCUT2D eigenvalue weighted by molar-refractivity contribution is -0.136. The molecule has 1 saturated heterocycles. The van der Waals surface area contributed by atoms with E-state index in [0.29, 0.717) is 12.2 Å². The summed E-state index contributed by atoms with van der Waals surface area (Å²) in [5, 5.41) is 0. The van der Waals surface area contributed by atoms with Crippen LogP contribution in [0.1, 0.15) is 25.3 Å². The lowest BCUT2D eigenvalue weighted by Gasteiger charge is -2.21. The molecule has 0 radical (unpaired) electrons. The Morgan fingerprint density at radius 1 is 1.56 bits per heavy atom. The van der Waals surface area contributed by atoms with Crippen molar-refractivity contribution in [3.05, 3.63) is 35.6 Å². The first-order chi connectivity index (χ1) is 7.60. The van der Waals surface area contributed by atoms with E-state index in [0.717, 1.165) is 12.8 Å². The van der Waals surface area contributed by atoms with Crippen molar-refractivity contribution in [2.45, 2.75) is 31.8 Å². The molecule has 0 bridgehead atoms. The van der Waals surface area contributed by atoms with Gasteiger partial charge in [0.2, 0.25) is 0 Å². The third-order valence-electron chi connectivity index (χ3n) is 3.06. The minimum Gasteiger partial charge on any atom is -0.367 e. The van der Waals surface area contributed by atoms with Crippen LogP contribution >= 0.6 is 0 Å². The quantitative estimate of drug-likeness (QED) is 0.785. The van der Waals surface area contributed by atoms with Crippen LogP contribution in [0.3, 0.4) is 0 Å². The van der Waals surface area contributed by atoms with Crippen LogP contribution in [0.5, 0.6) is 0 Å². The molecule has 1 aliphatic rings. The van der Waals surface area contributed by atoms with Gasteiger partial charge in [0, 0.05) is 13.0 Å². The van der Waals surface area contributed by atoms with Gasteiger partial charge in [0.15, 0.2) is 5.78 Å². The highest BCUT2D eigenvalue weighted by atomic mass is 19.1. The Morgan fingerprint density at radius 2 is 2.38 bits per heavy atom. The predicted molar refractivity (Wildman–Crippen MR) is 58.7 cm³/mol. The molecule has 16 heavy (non-hydrogen) atoms. The number of carbonyl (C=O) groups is 1. The molecule has 1 aromatic rings. The SMILES string of the molecule is CC1(C(=O)Cc2cccc(F)c2)CCCO1. The summed E-state index contributed by atoms with van der Waals surface area (Å²) in [6.07, 6.45) is 1.93. The van der Waals surface area contributed by atoms with Gasteiger partial charge < -0.3 is 4.74 Å². The summed E-state index contributed by atoms with van der Waals surface area (Å²) in [4.78, 5) is 12.0. The third kappa shape index (κ3) is 2.30. The van der Waals surface area contributed by atoms with Crippen LogP contribution in [0.15, 0.2) is 24.3 Å². The standard InChI is InChI=1S/C13H15FO2/c1-13(6-3-7-16-13)12(15)9-10-4-2-5-11(14)8-10/h2,4-5,8H,3,6-7,9H2,1H3. The van der Waals surface area contributed by atoms with Gasteiger partial charge in [-0.15, -0.1) is 0 Å². The maximum absolute atomic E-state index is 12.9. The van der Waals surface area contributed by atoms with Gasteiger partial charge in [0.05, 0.1) is 0 Å². The number of Topliss-reactive ketones (excluding diaryl/α,β-unsaturated/α-hetero) is 1. The molecule has 0 aromatic heterocycles. The van der Waals surface area contributed by atoms with Gasteiger partial charge in [-0.2, -0.15) is 0 Å². The smallest absolute Gasteiger partial charge is 0.168 e. The van der Waals surface area contributed by atoms with Crippen molar-refractivity contribution >= 4 is 5.78 Å². The molecular weight excluding hydrogens is 207 g/mol. The number of halogens is 1. The van der Waals surface area contributed by atoms with Crippen LogP contribution in [0.4, 0.5) is 4.39 Å². The molecular formula is C13H15FO2. The Morgan fingerprint density at radius 3 is 3.00 bits per heavy atom. The summed E-state index contributed by atoms with van der Waals surface area (Å²) in [6, 6.07) is 6.16. The van der Waals surface area contributed by atoms with E-state index in [-0.39, 0.29) is 18.0 Å². The highest BCUT2D eigenvalue weighted by molar-refractivity contribution is 5.89. The van der Waals surface area contributed by atoms with Gasteiger partial charge in [-0.05, 0) is 37.5 Å². The summed E-state index contributed by atoms with van der Waals surface area (Å²) >= 11 is 0. The Balaban J connectivity index is 2.07. The molecule has 1 aromatic carbocycles. The Bertz CT molecular complexity index is 395. The number of benzene rings is 1. The molecule has 0 spiro atoms. The van der Waals surface area contributed by atoms with Crippen molar-refractivity contribution in [1.82, 2.24) is 0 Å². The number of ketones is 1. The second kappa shape index (κ2) is 4.34. The average molecular weight is 222 g/mol. The summed E-state index contributed by atoms with van der Waals surface area (Å²) in [7, 11) is 0. The van der Waals surface area contributed by atoms with Crippen molar-refractivity contribution in [3.8, 4) is 0 Å². The second-order valence-corrected chi connectivity index (χ2v) is 4.41. The Hall–Kier alpha value is -1.22. The second-order valence-electron chi connectivity index (χ2n) is 4.41. The van der Waals surface area contributed by atoms with E-state index in [2.05, 4.69) is 0 Å². The fourth-order valence-corrected chi connectivity index (χ4v) is 2.02. The van der Waals surface area contributed by atoms with Gasteiger partial charge >= 0.3 is 0 Å². The molecule has 3 heteroatoms. The topological polar surface area (TPSA) is 26.3 Å². The fraction of sp³-hybridized carbons (Fsp3) is 0.462. The minimum absolute atomic E-state index is 0.0376. The first kappa shape index (κ1) is 11.3. The van der Waals surface area contributed by atoms with E-state index in [1.54, 1.807) is 12.1 Å². The van der Waals surface area contributed by atoms with E-state index >= 15 is 0 Å². The zero-order valence-corrected chi connectivity index (χ0v) is 9.33. The van der Waals surface area contributed by atoms with E-state index in [1.807, 2.05) is 6.92 Å². The molecule has 0 amide bonds. The Labute approximate surface area is 94.4 Å². The van der Waals surface area contributed by atoms with Gasteiger partial charge in [-0.1, -0.05) is 12.1 Å². The molecule has 1 unspecified atom stereocenters. The maximum atomic E-state index is 12.9. The van der Waals surface area contributed by atoms with Crippen LogP contribution in [0.25, 0.3) is 0 Å². The van der Waals surface area contributed by atoms with Crippen LogP contribution in [0, 0.1) is 5.82 Å². The van der Waals surface area contributed by atoms with Crippen molar-refractivity contribution in [2.24, 2.45) is 0 Å². The Kier molecular flexibility index (Phi) is 3.06. The van der Waals surface area contributed by atoms with Gasteiger partial charge in [-0.25, -0.2) is 4.39 Å². The molecule has 2 nitrogen and oxygen atoms in total. The average Bonchev–Trinajstić information content (AvgIpc) is 2.66. The molecule has 2 rings (SSSR count). The van der Waals surface area contributed by atoms with Crippen molar-refractivity contribution in [2.75, 3.05) is 6.61 Å². The molecule has 0 saturated carbocycles. The highest BCUT2D eigenvalue weighted by Crippen LogP contribution is 2.27.